The Morgan fingerprint density at radius 2 is 1.68 bits per heavy atom. The number of benzene rings is 1. The number of aromatic nitrogens is 1. The van der Waals surface area contributed by atoms with E-state index in [1.807, 2.05) is 13.8 Å². The molecule has 0 bridgehead atoms. The molecule has 0 amide bonds. The molecule has 1 heterocycles. The number of pyridine rings is 1. The fraction of sp³-hybridized carbons (Fsp3) is 0.214. The van der Waals surface area contributed by atoms with Crippen LogP contribution in [0.4, 0.5) is 17.3 Å². The summed E-state index contributed by atoms with van der Waals surface area (Å²) in [7, 11) is 1.77. The van der Waals surface area contributed by atoms with Gasteiger partial charge in [-0.05, 0) is 37.1 Å². The molecule has 0 saturated carbocycles. The largest absolute Gasteiger partial charge is 0.372 e. The fourth-order valence-corrected chi connectivity index (χ4v) is 2.23. The Morgan fingerprint density at radius 3 is 2.37 bits per heavy atom. The first-order valence-electron chi connectivity index (χ1n) is 5.89. The molecule has 2 N–H and O–H groups in total. The van der Waals surface area contributed by atoms with Gasteiger partial charge in [-0.15, -0.1) is 0 Å². The summed E-state index contributed by atoms with van der Waals surface area (Å²) in [5, 5.41) is 7.16. The zero-order valence-corrected chi connectivity index (χ0v) is 12.5. The maximum Gasteiger partial charge on any atom is 0.151 e. The van der Waals surface area contributed by atoms with Crippen LogP contribution in [0.3, 0.4) is 0 Å². The summed E-state index contributed by atoms with van der Waals surface area (Å²) in [6.07, 6.45) is 0. The van der Waals surface area contributed by atoms with Crippen LogP contribution in [-0.2, 0) is 0 Å². The fourth-order valence-electron chi connectivity index (χ4n) is 1.73. The second-order valence-electron chi connectivity index (χ2n) is 4.34. The van der Waals surface area contributed by atoms with Crippen molar-refractivity contribution in [2.75, 3.05) is 17.7 Å². The first kappa shape index (κ1) is 14.0. The summed E-state index contributed by atoms with van der Waals surface area (Å²) in [5.74, 6) is 1.18. The van der Waals surface area contributed by atoms with Gasteiger partial charge in [0.15, 0.2) is 5.82 Å². The normalized spacial score (nSPS) is 10.4. The van der Waals surface area contributed by atoms with Crippen LogP contribution in [0.1, 0.15) is 11.1 Å². The molecule has 0 aliphatic heterocycles. The minimum Gasteiger partial charge on any atom is -0.372 e. The Hall–Kier alpha value is -1.45. The highest BCUT2D eigenvalue weighted by atomic mass is 35.5. The molecular formula is C14H15Cl2N3. The van der Waals surface area contributed by atoms with Gasteiger partial charge in [0.25, 0.3) is 0 Å². The van der Waals surface area contributed by atoms with Gasteiger partial charge in [-0.25, -0.2) is 4.98 Å². The number of hydrogen-bond acceptors (Lipinski definition) is 3. The lowest BCUT2D eigenvalue weighted by Gasteiger charge is -2.13. The highest BCUT2D eigenvalue weighted by Crippen LogP contribution is 2.31. The number of nitrogens with zero attached hydrogens (tertiary/aromatic N) is 1. The van der Waals surface area contributed by atoms with Gasteiger partial charge in [0.1, 0.15) is 5.82 Å². The van der Waals surface area contributed by atoms with Crippen molar-refractivity contribution < 1.29 is 0 Å². The summed E-state index contributed by atoms with van der Waals surface area (Å²) in [5.41, 5.74) is 3.29. The van der Waals surface area contributed by atoms with Gasteiger partial charge < -0.3 is 10.6 Å². The summed E-state index contributed by atoms with van der Waals surface area (Å²) in [4.78, 5) is 4.37. The molecule has 5 heteroatoms. The Bertz CT molecular complexity index is 612. The molecular weight excluding hydrogens is 281 g/mol. The molecule has 19 heavy (non-hydrogen) atoms. The van der Waals surface area contributed by atoms with E-state index in [1.165, 1.54) is 5.56 Å². The van der Waals surface area contributed by atoms with Gasteiger partial charge in [-0.3, -0.25) is 0 Å². The average molecular weight is 296 g/mol. The molecule has 0 unspecified atom stereocenters. The number of aryl methyl sites for hydroxylation is 2. The molecule has 1 aromatic carbocycles. The summed E-state index contributed by atoms with van der Waals surface area (Å²) < 4.78 is 0. The predicted octanol–water partition coefficient (Wildman–Crippen LogP) is 4.79. The Balaban J connectivity index is 2.40. The molecule has 2 rings (SSSR count). The topological polar surface area (TPSA) is 37.0 Å². The smallest absolute Gasteiger partial charge is 0.151 e. The maximum absolute atomic E-state index is 6.16. The van der Waals surface area contributed by atoms with Crippen molar-refractivity contribution in [2.24, 2.45) is 0 Å². The zero-order valence-electron chi connectivity index (χ0n) is 11.0. The standard InChI is InChI=1S/C14H15Cl2N3/c1-8-4-5-9(2)12(6-8)18-14-11(16)7-10(15)13(17-3)19-14/h4-7H,1-3H3,(H2,17,18,19). The molecule has 0 aliphatic rings. The van der Waals surface area contributed by atoms with Crippen LogP contribution in [0.25, 0.3) is 0 Å². The van der Waals surface area contributed by atoms with Crippen LogP contribution >= 0.6 is 23.2 Å². The summed E-state index contributed by atoms with van der Waals surface area (Å²) in [6.45, 7) is 4.07. The lowest BCUT2D eigenvalue weighted by Crippen LogP contribution is -2.01. The van der Waals surface area contributed by atoms with E-state index in [1.54, 1.807) is 13.1 Å². The highest BCUT2D eigenvalue weighted by Gasteiger charge is 2.09. The van der Waals surface area contributed by atoms with Crippen LogP contribution in [0.15, 0.2) is 24.3 Å². The number of halogens is 2. The van der Waals surface area contributed by atoms with Gasteiger partial charge in [-0.2, -0.15) is 0 Å². The van der Waals surface area contributed by atoms with Gasteiger partial charge in [0.05, 0.1) is 10.0 Å². The SMILES string of the molecule is CNc1nc(Nc2cc(C)ccc2C)c(Cl)cc1Cl. The number of hydrogen-bond donors (Lipinski definition) is 2. The maximum atomic E-state index is 6.16. The number of nitrogens with one attached hydrogen (secondary N) is 2. The third-order valence-electron chi connectivity index (χ3n) is 2.81. The van der Waals surface area contributed by atoms with E-state index in [4.69, 9.17) is 23.2 Å². The van der Waals surface area contributed by atoms with E-state index in [9.17, 15) is 0 Å². The lowest BCUT2D eigenvalue weighted by atomic mass is 10.1. The van der Waals surface area contributed by atoms with Gasteiger partial charge in [0.2, 0.25) is 0 Å². The Kier molecular flexibility index (Phi) is 4.17. The first-order valence-corrected chi connectivity index (χ1v) is 6.65. The lowest BCUT2D eigenvalue weighted by molar-refractivity contribution is 1.26. The van der Waals surface area contributed by atoms with E-state index in [2.05, 4.69) is 33.8 Å². The number of rotatable bonds is 3. The number of anilines is 3. The quantitative estimate of drug-likeness (QED) is 0.855. The van der Waals surface area contributed by atoms with E-state index in [0.29, 0.717) is 21.7 Å². The van der Waals surface area contributed by atoms with E-state index in [0.717, 1.165) is 11.3 Å². The van der Waals surface area contributed by atoms with Crippen molar-refractivity contribution in [1.82, 2.24) is 4.98 Å². The summed E-state index contributed by atoms with van der Waals surface area (Å²) in [6, 6.07) is 7.85. The summed E-state index contributed by atoms with van der Waals surface area (Å²) >= 11 is 12.2. The van der Waals surface area contributed by atoms with Crippen LogP contribution in [0, 0.1) is 13.8 Å². The predicted molar refractivity (Wildman–Crippen MR) is 83.0 cm³/mol. The second kappa shape index (κ2) is 5.68. The van der Waals surface area contributed by atoms with E-state index < -0.39 is 0 Å². The molecule has 0 saturated heterocycles. The van der Waals surface area contributed by atoms with E-state index >= 15 is 0 Å². The average Bonchev–Trinajstić information content (AvgIpc) is 2.37. The molecule has 3 nitrogen and oxygen atoms in total. The minimum absolute atomic E-state index is 0.491. The molecule has 0 radical (unpaired) electrons. The van der Waals surface area contributed by atoms with Gasteiger partial charge in [-0.1, -0.05) is 35.3 Å². The van der Waals surface area contributed by atoms with E-state index in [-0.39, 0.29) is 0 Å². The minimum atomic E-state index is 0.491. The van der Waals surface area contributed by atoms with Crippen LogP contribution in [0.2, 0.25) is 10.0 Å². The van der Waals surface area contributed by atoms with Crippen LogP contribution in [-0.4, -0.2) is 12.0 Å². The molecule has 0 spiro atoms. The van der Waals surface area contributed by atoms with Crippen LogP contribution in [0.5, 0.6) is 0 Å². The van der Waals surface area contributed by atoms with Gasteiger partial charge in [0, 0.05) is 12.7 Å². The molecule has 0 aliphatic carbocycles. The Morgan fingerprint density at radius 1 is 1.00 bits per heavy atom. The highest BCUT2D eigenvalue weighted by molar-refractivity contribution is 6.37. The van der Waals surface area contributed by atoms with Gasteiger partial charge >= 0.3 is 0 Å². The third-order valence-corrected chi connectivity index (χ3v) is 3.39. The Labute approximate surface area is 123 Å². The molecule has 2 aromatic rings. The van der Waals surface area contributed by atoms with Crippen molar-refractivity contribution >= 4 is 40.5 Å². The molecule has 100 valence electrons. The van der Waals surface area contributed by atoms with Crippen molar-refractivity contribution in [3.63, 3.8) is 0 Å². The first-order chi connectivity index (χ1) is 9.01. The third kappa shape index (κ3) is 3.11. The van der Waals surface area contributed by atoms with Crippen molar-refractivity contribution in [1.29, 1.82) is 0 Å². The van der Waals surface area contributed by atoms with Crippen molar-refractivity contribution in [2.45, 2.75) is 13.8 Å². The zero-order chi connectivity index (χ0) is 14.0. The van der Waals surface area contributed by atoms with Crippen molar-refractivity contribution in [3.8, 4) is 0 Å². The molecule has 0 atom stereocenters. The molecule has 0 fully saturated rings. The second-order valence-corrected chi connectivity index (χ2v) is 5.16. The molecule has 1 aromatic heterocycles. The monoisotopic (exact) mass is 295 g/mol. The van der Waals surface area contributed by atoms with Crippen LogP contribution < -0.4 is 10.6 Å². The van der Waals surface area contributed by atoms with Crippen molar-refractivity contribution in [3.05, 3.63) is 45.4 Å².